The summed E-state index contributed by atoms with van der Waals surface area (Å²) in [7, 11) is 0. The number of nitrogens with zero attached hydrogens (tertiary/aromatic N) is 1. The summed E-state index contributed by atoms with van der Waals surface area (Å²) < 4.78 is 0. The van der Waals surface area contributed by atoms with Gasteiger partial charge in [0.15, 0.2) is 0 Å². The maximum absolute atomic E-state index is 6.08. The smallest absolute Gasteiger partial charge is 0.0473 e. The maximum atomic E-state index is 6.08. The first kappa shape index (κ1) is 15.1. The zero-order valence-corrected chi connectivity index (χ0v) is 13.8. The molecule has 3 heteroatoms. The Kier molecular flexibility index (Phi) is 4.51. The van der Waals surface area contributed by atoms with Crippen LogP contribution in [0.15, 0.2) is 54.6 Å². The van der Waals surface area contributed by atoms with Crippen molar-refractivity contribution in [1.29, 1.82) is 0 Å². The van der Waals surface area contributed by atoms with Crippen molar-refractivity contribution in [1.82, 2.24) is 9.88 Å². The Morgan fingerprint density at radius 2 is 1.86 bits per heavy atom. The summed E-state index contributed by atoms with van der Waals surface area (Å²) in [6.07, 6.45) is 0. The molecule has 2 nitrogen and oxygen atoms in total. The van der Waals surface area contributed by atoms with E-state index in [1.807, 2.05) is 18.2 Å². The van der Waals surface area contributed by atoms with Gasteiger partial charge in [-0.3, -0.25) is 4.90 Å². The van der Waals surface area contributed by atoms with Gasteiger partial charge >= 0.3 is 0 Å². The minimum absolute atomic E-state index is 0.330. The van der Waals surface area contributed by atoms with E-state index in [0.29, 0.717) is 6.04 Å². The molecule has 1 N–H and O–H groups in total. The van der Waals surface area contributed by atoms with E-state index < -0.39 is 0 Å². The van der Waals surface area contributed by atoms with E-state index >= 15 is 0 Å². The molecular weight excluding hydrogens is 292 g/mol. The minimum Gasteiger partial charge on any atom is -0.357 e. The van der Waals surface area contributed by atoms with Crippen LogP contribution in [0.3, 0.4) is 0 Å². The lowest BCUT2D eigenvalue weighted by Gasteiger charge is -2.27. The van der Waals surface area contributed by atoms with E-state index in [9.17, 15) is 0 Å². The molecule has 114 valence electrons. The molecule has 0 aliphatic rings. The molecule has 0 saturated carbocycles. The van der Waals surface area contributed by atoms with Crippen molar-refractivity contribution in [2.75, 3.05) is 6.54 Å². The van der Waals surface area contributed by atoms with Gasteiger partial charge in [-0.25, -0.2) is 0 Å². The van der Waals surface area contributed by atoms with Crippen molar-refractivity contribution >= 4 is 22.5 Å². The summed E-state index contributed by atoms with van der Waals surface area (Å²) in [6, 6.07) is 19.1. The second kappa shape index (κ2) is 6.55. The molecule has 0 aliphatic carbocycles. The zero-order valence-electron chi connectivity index (χ0n) is 13.0. The summed E-state index contributed by atoms with van der Waals surface area (Å²) in [5, 5.41) is 1.95. The average Bonchev–Trinajstić information content (AvgIpc) is 2.96. The van der Waals surface area contributed by atoms with Crippen LogP contribution in [-0.4, -0.2) is 16.4 Å². The molecule has 2 aromatic carbocycles. The van der Waals surface area contributed by atoms with Gasteiger partial charge in [0.2, 0.25) is 0 Å². The number of H-pyrrole nitrogens is 1. The van der Waals surface area contributed by atoms with E-state index in [2.05, 4.69) is 60.1 Å². The second-order valence-corrected chi connectivity index (χ2v) is 6.12. The third kappa shape index (κ3) is 3.18. The number of rotatable bonds is 5. The van der Waals surface area contributed by atoms with Gasteiger partial charge in [-0.2, -0.15) is 0 Å². The lowest BCUT2D eigenvalue weighted by molar-refractivity contribution is 0.210. The van der Waals surface area contributed by atoms with Crippen LogP contribution in [0.4, 0.5) is 0 Å². The highest BCUT2D eigenvalue weighted by Gasteiger charge is 2.16. The molecule has 1 aromatic heterocycles. The highest BCUT2D eigenvalue weighted by molar-refractivity contribution is 6.31. The first-order chi connectivity index (χ1) is 10.7. The van der Waals surface area contributed by atoms with Crippen molar-refractivity contribution in [3.05, 3.63) is 70.9 Å². The van der Waals surface area contributed by atoms with Crippen molar-refractivity contribution in [3.63, 3.8) is 0 Å². The zero-order chi connectivity index (χ0) is 15.5. The molecular formula is C19H21ClN2. The maximum Gasteiger partial charge on any atom is 0.0473 e. The molecule has 3 aromatic rings. The quantitative estimate of drug-likeness (QED) is 0.668. The number of hydrogen-bond donors (Lipinski definition) is 1. The average molecular weight is 313 g/mol. The molecule has 0 spiro atoms. The summed E-state index contributed by atoms with van der Waals surface area (Å²) in [5.74, 6) is 0. The molecule has 0 radical (unpaired) electrons. The van der Waals surface area contributed by atoms with Crippen LogP contribution < -0.4 is 0 Å². The number of aromatic nitrogens is 1. The first-order valence-electron chi connectivity index (χ1n) is 7.73. The number of benzene rings is 2. The van der Waals surface area contributed by atoms with Crippen LogP contribution in [0, 0.1) is 0 Å². The monoisotopic (exact) mass is 312 g/mol. The molecule has 0 saturated heterocycles. The van der Waals surface area contributed by atoms with Gasteiger partial charge in [-0.1, -0.05) is 48.9 Å². The summed E-state index contributed by atoms with van der Waals surface area (Å²) >= 11 is 6.08. The first-order valence-corrected chi connectivity index (χ1v) is 8.11. The number of halogens is 1. The Bertz CT molecular complexity index is 748. The van der Waals surface area contributed by atoms with Crippen LogP contribution >= 0.6 is 11.6 Å². The van der Waals surface area contributed by atoms with Crippen LogP contribution in [-0.2, 0) is 6.54 Å². The standard InChI is InChI=1S/C19H21ClN2/c1-3-22(13-15-7-5-4-6-8-15)14(2)19-12-16-11-17(20)9-10-18(16)21-19/h4-12,14,21H,3,13H2,1-2H3. The molecule has 1 unspecified atom stereocenters. The summed E-state index contributed by atoms with van der Waals surface area (Å²) in [4.78, 5) is 5.98. The third-order valence-corrected chi connectivity index (χ3v) is 4.47. The van der Waals surface area contributed by atoms with E-state index in [0.717, 1.165) is 23.6 Å². The van der Waals surface area contributed by atoms with Gasteiger partial charge in [0.1, 0.15) is 0 Å². The Balaban J connectivity index is 1.84. The fourth-order valence-electron chi connectivity index (χ4n) is 2.89. The summed E-state index contributed by atoms with van der Waals surface area (Å²) in [6.45, 7) is 6.42. The fourth-order valence-corrected chi connectivity index (χ4v) is 3.07. The normalized spacial score (nSPS) is 12.9. The minimum atomic E-state index is 0.330. The van der Waals surface area contributed by atoms with E-state index in [1.165, 1.54) is 16.6 Å². The van der Waals surface area contributed by atoms with Crippen LogP contribution in [0.25, 0.3) is 10.9 Å². The Labute approximate surface area is 136 Å². The van der Waals surface area contributed by atoms with Gasteiger partial charge in [0, 0.05) is 34.2 Å². The van der Waals surface area contributed by atoms with E-state index in [1.54, 1.807) is 0 Å². The second-order valence-electron chi connectivity index (χ2n) is 5.68. The highest BCUT2D eigenvalue weighted by Crippen LogP contribution is 2.27. The molecule has 0 fully saturated rings. The summed E-state index contributed by atoms with van der Waals surface area (Å²) in [5.41, 5.74) is 3.72. The van der Waals surface area contributed by atoms with Crippen molar-refractivity contribution in [2.45, 2.75) is 26.4 Å². The Morgan fingerprint density at radius 1 is 1.09 bits per heavy atom. The van der Waals surface area contributed by atoms with Gasteiger partial charge in [0.05, 0.1) is 0 Å². The van der Waals surface area contributed by atoms with Crippen molar-refractivity contribution in [3.8, 4) is 0 Å². The Morgan fingerprint density at radius 3 is 2.59 bits per heavy atom. The largest absolute Gasteiger partial charge is 0.357 e. The topological polar surface area (TPSA) is 19.0 Å². The predicted octanol–water partition coefficient (Wildman–Crippen LogP) is 5.40. The third-order valence-electron chi connectivity index (χ3n) is 4.24. The number of nitrogens with one attached hydrogen (secondary N) is 1. The molecule has 1 heterocycles. The number of fused-ring (bicyclic) bond motifs is 1. The SMILES string of the molecule is CCN(Cc1ccccc1)C(C)c1cc2cc(Cl)ccc2[nH]1. The van der Waals surface area contributed by atoms with Crippen molar-refractivity contribution < 1.29 is 0 Å². The predicted molar refractivity (Wildman–Crippen MR) is 94.2 cm³/mol. The van der Waals surface area contributed by atoms with E-state index in [-0.39, 0.29) is 0 Å². The molecule has 1 atom stereocenters. The van der Waals surface area contributed by atoms with Crippen LogP contribution in [0.2, 0.25) is 5.02 Å². The van der Waals surface area contributed by atoms with Crippen LogP contribution in [0.5, 0.6) is 0 Å². The van der Waals surface area contributed by atoms with Gasteiger partial charge in [-0.15, -0.1) is 0 Å². The fraction of sp³-hybridized carbons (Fsp3) is 0.263. The van der Waals surface area contributed by atoms with Crippen molar-refractivity contribution in [2.24, 2.45) is 0 Å². The number of hydrogen-bond acceptors (Lipinski definition) is 1. The lowest BCUT2D eigenvalue weighted by Crippen LogP contribution is -2.26. The number of aromatic amines is 1. The Hall–Kier alpha value is -1.77. The lowest BCUT2D eigenvalue weighted by atomic mass is 10.1. The van der Waals surface area contributed by atoms with Gasteiger partial charge in [-0.05, 0) is 43.3 Å². The van der Waals surface area contributed by atoms with Gasteiger partial charge in [0.25, 0.3) is 0 Å². The molecule has 0 amide bonds. The molecule has 3 rings (SSSR count). The molecule has 0 bridgehead atoms. The van der Waals surface area contributed by atoms with Gasteiger partial charge < -0.3 is 4.98 Å². The van der Waals surface area contributed by atoms with E-state index in [4.69, 9.17) is 11.6 Å². The molecule has 0 aliphatic heterocycles. The van der Waals surface area contributed by atoms with Crippen LogP contribution in [0.1, 0.15) is 31.1 Å². The molecule has 22 heavy (non-hydrogen) atoms. The highest BCUT2D eigenvalue weighted by atomic mass is 35.5.